The lowest BCUT2D eigenvalue weighted by molar-refractivity contribution is 0.0690. The van der Waals surface area contributed by atoms with Gasteiger partial charge in [-0.15, -0.1) is 5.10 Å². The summed E-state index contributed by atoms with van der Waals surface area (Å²) in [4.78, 5) is 31.4. The lowest BCUT2D eigenvalue weighted by Crippen LogP contribution is -2.15. The number of aromatic carboxylic acids is 1. The maximum atomic E-state index is 12.4. The molecule has 0 aliphatic rings. The summed E-state index contributed by atoms with van der Waals surface area (Å²) in [5.74, 6) is -1.22. The number of carboxylic acids is 1. The van der Waals surface area contributed by atoms with Gasteiger partial charge < -0.3 is 10.4 Å². The fourth-order valence-corrected chi connectivity index (χ4v) is 2.51. The van der Waals surface area contributed by atoms with Crippen LogP contribution in [0.4, 0.5) is 5.69 Å². The van der Waals surface area contributed by atoms with Crippen LogP contribution in [0.1, 0.15) is 33.9 Å². The summed E-state index contributed by atoms with van der Waals surface area (Å²) in [7, 11) is 0. The molecule has 2 aromatic heterocycles. The third-order valence-corrected chi connectivity index (χ3v) is 3.83. The molecule has 0 bridgehead atoms. The number of rotatable bonds is 5. The van der Waals surface area contributed by atoms with Crippen molar-refractivity contribution in [2.24, 2.45) is 0 Å². The molecule has 8 nitrogen and oxygen atoms in total. The molecule has 2 heterocycles. The van der Waals surface area contributed by atoms with Gasteiger partial charge in [0.2, 0.25) is 5.82 Å². The number of halogens is 1. The van der Waals surface area contributed by atoms with Crippen molar-refractivity contribution in [1.29, 1.82) is 0 Å². The van der Waals surface area contributed by atoms with Gasteiger partial charge in [-0.3, -0.25) is 4.79 Å². The molecule has 3 rings (SSSR count). The molecule has 0 saturated carbocycles. The number of hydrogen-bond donors (Lipinski definition) is 2. The van der Waals surface area contributed by atoms with Crippen LogP contribution in [0.5, 0.6) is 0 Å². The maximum Gasteiger partial charge on any atom is 0.354 e. The summed E-state index contributed by atoms with van der Waals surface area (Å²) in [6.07, 6.45) is 1.84. The van der Waals surface area contributed by atoms with Crippen molar-refractivity contribution in [3.8, 4) is 5.69 Å². The zero-order valence-corrected chi connectivity index (χ0v) is 14.4. The van der Waals surface area contributed by atoms with Crippen molar-refractivity contribution < 1.29 is 14.7 Å². The fourth-order valence-electron chi connectivity index (χ4n) is 2.30. The maximum absolute atomic E-state index is 12.4. The number of hydrogen-bond acceptors (Lipinski definition) is 5. The van der Waals surface area contributed by atoms with Crippen LogP contribution >= 0.6 is 11.6 Å². The van der Waals surface area contributed by atoms with Crippen molar-refractivity contribution in [1.82, 2.24) is 19.7 Å². The molecule has 0 radical (unpaired) electrons. The van der Waals surface area contributed by atoms with Crippen LogP contribution in [-0.2, 0) is 6.42 Å². The van der Waals surface area contributed by atoms with Gasteiger partial charge in [0, 0.05) is 18.3 Å². The Kier molecular flexibility index (Phi) is 4.94. The number of aryl methyl sites for hydroxylation is 1. The van der Waals surface area contributed by atoms with E-state index in [2.05, 4.69) is 20.4 Å². The van der Waals surface area contributed by atoms with E-state index in [0.29, 0.717) is 23.0 Å². The number of pyridine rings is 1. The van der Waals surface area contributed by atoms with Crippen LogP contribution in [0.3, 0.4) is 0 Å². The Morgan fingerprint density at radius 1 is 1.27 bits per heavy atom. The van der Waals surface area contributed by atoms with E-state index in [9.17, 15) is 9.59 Å². The first kappa shape index (κ1) is 17.6. The molecule has 2 N–H and O–H groups in total. The highest BCUT2D eigenvalue weighted by Crippen LogP contribution is 2.21. The Labute approximate surface area is 153 Å². The molecular formula is C17H14ClN5O3. The molecule has 1 aromatic carbocycles. The standard InChI is InChI=1S/C17H14ClN5O3/c1-2-14-21-15(22-23(14)13-6-4-3-5-11(13)18)16(24)20-10-7-8-19-12(9-10)17(25)26/h3-9H,2H2,1H3,(H,25,26)(H,19,20,24). The molecule has 0 aliphatic carbocycles. The Hall–Kier alpha value is -3.26. The Bertz CT molecular complexity index is 986. The molecule has 0 atom stereocenters. The summed E-state index contributed by atoms with van der Waals surface area (Å²) in [6, 6.07) is 9.85. The van der Waals surface area contributed by atoms with Crippen molar-refractivity contribution >= 4 is 29.2 Å². The first-order valence-corrected chi connectivity index (χ1v) is 8.09. The van der Waals surface area contributed by atoms with Crippen LogP contribution in [0.25, 0.3) is 5.69 Å². The molecule has 9 heteroatoms. The second-order valence-corrected chi connectivity index (χ2v) is 5.66. The van der Waals surface area contributed by atoms with Crippen molar-refractivity contribution in [3.05, 3.63) is 65.0 Å². The largest absolute Gasteiger partial charge is 0.477 e. The number of amides is 1. The Morgan fingerprint density at radius 2 is 2.04 bits per heavy atom. The minimum absolute atomic E-state index is 0.0459. The fraction of sp³-hybridized carbons (Fsp3) is 0.118. The first-order chi connectivity index (χ1) is 12.5. The van der Waals surface area contributed by atoms with Gasteiger partial charge in [0.05, 0.1) is 10.7 Å². The number of aromatic nitrogens is 4. The van der Waals surface area contributed by atoms with E-state index in [0.717, 1.165) is 0 Å². The summed E-state index contributed by atoms with van der Waals surface area (Å²) in [6.45, 7) is 1.89. The number of nitrogens with one attached hydrogen (secondary N) is 1. The van der Waals surface area contributed by atoms with E-state index in [1.54, 1.807) is 18.2 Å². The van der Waals surface area contributed by atoms with Crippen molar-refractivity contribution in [3.63, 3.8) is 0 Å². The predicted octanol–water partition coefficient (Wildman–Crippen LogP) is 2.83. The number of para-hydroxylation sites is 1. The van der Waals surface area contributed by atoms with Crippen LogP contribution in [0, 0.1) is 0 Å². The van der Waals surface area contributed by atoms with Crippen LogP contribution in [0.15, 0.2) is 42.6 Å². The molecule has 26 heavy (non-hydrogen) atoms. The van der Waals surface area contributed by atoms with Crippen LogP contribution < -0.4 is 5.32 Å². The molecule has 1 amide bonds. The van der Waals surface area contributed by atoms with Gasteiger partial charge in [0.15, 0.2) is 0 Å². The highest BCUT2D eigenvalue weighted by Gasteiger charge is 2.18. The Balaban J connectivity index is 1.90. The topological polar surface area (TPSA) is 110 Å². The Morgan fingerprint density at radius 3 is 2.73 bits per heavy atom. The molecule has 0 aliphatic heterocycles. The average Bonchev–Trinajstić information content (AvgIpc) is 3.06. The first-order valence-electron chi connectivity index (χ1n) is 7.71. The van der Waals surface area contributed by atoms with E-state index in [1.807, 2.05) is 13.0 Å². The predicted molar refractivity (Wildman–Crippen MR) is 94.9 cm³/mol. The van der Waals surface area contributed by atoms with Gasteiger partial charge >= 0.3 is 5.97 Å². The highest BCUT2D eigenvalue weighted by atomic mass is 35.5. The van der Waals surface area contributed by atoms with E-state index in [4.69, 9.17) is 16.7 Å². The smallest absolute Gasteiger partial charge is 0.354 e. The lowest BCUT2D eigenvalue weighted by atomic mass is 10.3. The van der Waals surface area contributed by atoms with Gasteiger partial charge in [-0.05, 0) is 24.3 Å². The van der Waals surface area contributed by atoms with E-state index in [-0.39, 0.29) is 17.2 Å². The molecule has 0 fully saturated rings. The quantitative estimate of drug-likeness (QED) is 0.713. The zero-order chi connectivity index (χ0) is 18.7. The minimum atomic E-state index is -1.18. The van der Waals surface area contributed by atoms with Crippen LogP contribution in [0.2, 0.25) is 5.02 Å². The number of carboxylic acid groups (broad SMARTS) is 1. The van der Waals surface area contributed by atoms with Gasteiger partial charge in [-0.2, -0.15) is 0 Å². The SMILES string of the molecule is CCc1nc(C(=O)Nc2ccnc(C(=O)O)c2)nn1-c1ccccc1Cl. The third kappa shape index (κ3) is 3.55. The van der Waals surface area contributed by atoms with E-state index >= 15 is 0 Å². The third-order valence-electron chi connectivity index (χ3n) is 3.51. The van der Waals surface area contributed by atoms with Gasteiger partial charge in [0.25, 0.3) is 5.91 Å². The molecular weight excluding hydrogens is 358 g/mol. The summed E-state index contributed by atoms with van der Waals surface area (Å²) >= 11 is 6.20. The molecule has 0 saturated heterocycles. The number of carbonyl (C=O) groups is 2. The van der Waals surface area contributed by atoms with Crippen molar-refractivity contribution in [2.75, 3.05) is 5.32 Å². The summed E-state index contributed by atoms with van der Waals surface area (Å²) in [5.41, 5.74) is 0.732. The average molecular weight is 372 g/mol. The second-order valence-electron chi connectivity index (χ2n) is 5.26. The lowest BCUT2D eigenvalue weighted by Gasteiger charge is -2.05. The van der Waals surface area contributed by atoms with Gasteiger partial charge in [-0.25, -0.2) is 19.4 Å². The molecule has 3 aromatic rings. The second kappa shape index (κ2) is 7.32. The minimum Gasteiger partial charge on any atom is -0.477 e. The van der Waals surface area contributed by atoms with E-state index in [1.165, 1.54) is 23.0 Å². The highest BCUT2D eigenvalue weighted by molar-refractivity contribution is 6.32. The van der Waals surface area contributed by atoms with Crippen LogP contribution in [-0.4, -0.2) is 36.7 Å². The summed E-state index contributed by atoms with van der Waals surface area (Å²) in [5, 5.41) is 16.3. The number of anilines is 1. The molecule has 0 unspecified atom stereocenters. The summed E-state index contributed by atoms with van der Waals surface area (Å²) < 4.78 is 1.52. The number of benzene rings is 1. The number of carbonyl (C=O) groups excluding carboxylic acids is 1. The normalized spacial score (nSPS) is 10.5. The van der Waals surface area contributed by atoms with E-state index < -0.39 is 11.9 Å². The molecule has 0 spiro atoms. The van der Waals surface area contributed by atoms with Gasteiger partial charge in [-0.1, -0.05) is 30.7 Å². The zero-order valence-electron chi connectivity index (χ0n) is 13.7. The number of nitrogens with zero attached hydrogens (tertiary/aromatic N) is 4. The van der Waals surface area contributed by atoms with Gasteiger partial charge in [0.1, 0.15) is 11.5 Å². The molecule has 132 valence electrons. The monoisotopic (exact) mass is 371 g/mol. The van der Waals surface area contributed by atoms with Crippen molar-refractivity contribution in [2.45, 2.75) is 13.3 Å².